The fourth-order valence-corrected chi connectivity index (χ4v) is 3.10. The molecule has 5 aromatic rings. The number of nitrogen functional groups attached to an aromatic ring is 1. The Morgan fingerprint density at radius 1 is 1.00 bits per heavy atom. The lowest BCUT2D eigenvalue weighted by molar-refractivity contribution is 0.468. The third-order valence-corrected chi connectivity index (χ3v) is 4.69. The van der Waals surface area contributed by atoms with Gasteiger partial charge in [0.15, 0.2) is 0 Å². The van der Waals surface area contributed by atoms with Gasteiger partial charge in [-0.15, -0.1) is 0 Å². The van der Waals surface area contributed by atoms with E-state index >= 15 is 0 Å². The number of aromatic nitrogens is 6. The molecule has 0 unspecified atom stereocenters. The Morgan fingerprint density at radius 3 is 2.62 bits per heavy atom. The molecule has 10 heteroatoms. The first kappa shape index (κ1) is 19.0. The Labute approximate surface area is 175 Å². The first-order valence-electron chi connectivity index (χ1n) is 8.45. The van der Waals surface area contributed by atoms with E-state index in [2.05, 4.69) is 24.9 Å². The van der Waals surface area contributed by atoms with E-state index < -0.39 is 0 Å². The molecule has 8 nitrogen and oxygen atoms in total. The SMILES string of the molecule is Clc1ncnc2[nH]ccc12.Cn1ccc2c(Oc3ccc(N)cc3Cl)ncnc21. The van der Waals surface area contributed by atoms with Crippen molar-refractivity contribution < 1.29 is 4.74 Å². The number of anilines is 1. The molecule has 4 aromatic heterocycles. The maximum absolute atomic E-state index is 6.08. The molecule has 3 N–H and O–H groups in total. The van der Waals surface area contributed by atoms with Crippen LogP contribution in [0.5, 0.6) is 11.6 Å². The number of halogens is 2. The normalized spacial score (nSPS) is 10.7. The monoisotopic (exact) mass is 427 g/mol. The summed E-state index contributed by atoms with van der Waals surface area (Å²) in [4.78, 5) is 19.0. The summed E-state index contributed by atoms with van der Waals surface area (Å²) < 4.78 is 7.64. The Bertz CT molecular complexity index is 1300. The highest BCUT2D eigenvalue weighted by molar-refractivity contribution is 6.33. The first-order chi connectivity index (χ1) is 14.0. The van der Waals surface area contributed by atoms with Crippen molar-refractivity contribution in [2.24, 2.45) is 7.05 Å². The lowest BCUT2D eigenvalue weighted by atomic mass is 10.3. The van der Waals surface area contributed by atoms with Crippen molar-refractivity contribution in [1.29, 1.82) is 0 Å². The zero-order valence-electron chi connectivity index (χ0n) is 15.2. The maximum atomic E-state index is 6.08. The van der Waals surface area contributed by atoms with Gasteiger partial charge in [0, 0.05) is 25.1 Å². The van der Waals surface area contributed by atoms with Crippen LogP contribution in [0, 0.1) is 0 Å². The van der Waals surface area contributed by atoms with Crippen molar-refractivity contribution in [3.63, 3.8) is 0 Å². The lowest BCUT2D eigenvalue weighted by Crippen LogP contribution is -1.94. The zero-order valence-corrected chi connectivity index (χ0v) is 16.7. The second kappa shape index (κ2) is 7.94. The van der Waals surface area contributed by atoms with Crippen molar-refractivity contribution >= 4 is 51.0 Å². The number of hydrogen-bond acceptors (Lipinski definition) is 6. The summed E-state index contributed by atoms with van der Waals surface area (Å²) in [5.41, 5.74) is 7.81. The number of ether oxygens (including phenoxy) is 1. The Hall–Kier alpha value is -3.36. The van der Waals surface area contributed by atoms with Gasteiger partial charge in [-0.2, -0.15) is 0 Å². The molecule has 0 fully saturated rings. The van der Waals surface area contributed by atoms with E-state index in [-0.39, 0.29) is 0 Å². The highest BCUT2D eigenvalue weighted by Crippen LogP contribution is 2.32. The van der Waals surface area contributed by atoms with Gasteiger partial charge in [0.25, 0.3) is 0 Å². The van der Waals surface area contributed by atoms with Crippen molar-refractivity contribution in [2.45, 2.75) is 0 Å². The van der Waals surface area contributed by atoms with Crippen LogP contribution >= 0.6 is 23.2 Å². The minimum atomic E-state index is 0.447. The van der Waals surface area contributed by atoms with Crippen LogP contribution < -0.4 is 10.5 Å². The molecule has 0 aliphatic rings. The molecule has 0 spiro atoms. The van der Waals surface area contributed by atoms with Crippen LogP contribution in [0.25, 0.3) is 22.1 Å². The molecule has 0 saturated heterocycles. The lowest BCUT2D eigenvalue weighted by Gasteiger charge is -2.08. The molecule has 146 valence electrons. The Balaban J connectivity index is 0.000000171. The van der Waals surface area contributed by atoms with Crippen molar-refractivity contribution in [3.8, 4) is 11.6 Å². The number of nitrogens with one attached hydrogen (secondary N) is 1. The summed E-state index contributed by atoms with van der Waals surface area (Å²) in [6.45, 7) is 0. The zero-order chi connectivity index (χ0) is 20.4. The summed E-state index contributed by atoms with van der Waals surface area (Å²) in [6.07, 6.45) is 6.58. The number of nitrogens with zero attached hydrogens (tertiary/aromatic N) is 5. The van der Waals surface area contributed by atoms with Gasteiger partial charge in [-0.3, -0.25) is 0 Å². The second-order valence-electron chi connectivity index (χ2n) is 6.04. The highest BCUT2D eigenvalue weighted by atomic mass is 35.5. The number of rotatable bonds is 2. The molecule has 0 atom stereocenters. The van der Waals surface area contributed by atoms with Crippen LogP contribution in [-0.4, -0.2) is 29.5 Å². The second-order valence-corrected chi connectivity index (χ2v) is 6.80. The van der Waals surface area contributed by atoms with Crippen LogP contribution in [-0.2, 0) is 7.05 Å². The Morgan fingerprint density at radius 2 is 1.83 bits per heavy atom. The number of nitrogens with two attached hydrogens (primary N) is 1. The highest BCUT2D eigenvalue weighted by Gasteiger charge is 2.10. The standard InChI is InChI=1S/C13H11ClN4O.C6H4ClN3/c1-18-5-4-9-12(18)16-7-17-13(9)19-11-3-2-8(15)6-10(11)14;7-5-4-1-2-8-6(4)10-3-9-5/h2-7H,15H2,1H3;1-3H,(H,8,9,10). The summed E-state index contributed by atoms with van der Waals surface area (Å²) in [5.74, 6) is 0.983. The van der Waals surface area contributed by atoms with E-state index in [1.54, 1.807) is 24.4 Å². The van der Waals surface area contributed by atoms with E-state index in [1.807, 2.05) is 29.9 Å². The van der Waals surface area contributed by atoms with Crippen LogP contribution in [0.2, 0.25) is 10.2 Å². The number of H-pyrrole nitrogens is 1. The van der Waals surface area contributed by atoms with Crippen molar-refractivity contribution in [1.82, 2.24) is 29.5 Å². The minimum absolute atomic E-state index is 0.447. The van der Waals surface area contributed by atoms with Crippen LogP contribution in [0.3, 0.4) is 0 Å². The molecule has 0 bridgehead atoms. The molecule has 0 radical (unpaired) electrons. The summed E-state index contributed by atoms with van der Waals surface area (Å²) in [7, 11) is 1.91. The van der Waals surface area contributed by atoms with Gasteiger partial charge in [0.2, 0.25) is 5.88 Å². The maximum Gasteiger partial charge on any atom is 0.231 e. The third kappa shape index (κ3) is 3.94. The van der Waals surface area contributed by atoms with E-state index in [9.17, 15) is 0 Å². The molecule has 0 amide bonds. The molecule has 29 heavy (non-hydrogen) atoms. The number of aryl methyl sites for hydroxylation is 1. The first-order valence-corrected chi connectivity index (χ1v) is 9.21. The third-order valence-electron chi connectivity index (χ3n) is 4.09. The molecule has 4 heterocycles. The predicted octanol–water partition coefficient (Wildman–Crippen LogP) is 4.61. The van der Waals surface area contributed by atoms with Crippen LogP contribution in [0.15, 0.2) is 55.4 Å². The largest absolute Gasteiger partial charge is 0.437 e. The van der Waals surface area contributed by atoms with E-state index in [0.717, 1.165) is 22.1 Å². The number of hydrogen-bond donors (Lipinski definition) is 2. The van der Waals surface area contributed by atoms with Crippen LogP contribution in [0.1, 0.15) is 0 Å². The fourth-order valence-electron chi connectivity index (χ4n) is 2.68. The summed E-state index contributed by atoms with van der Waals surface area (Å²) in [5, 5.41) is 2.64. The minimum Gasteiger partial charge on any atom is -0.437 e. The number of aromatic amines is 1. The number of benzene rings is 1. The van der Waals surface area contributed by atoms with E-state index in [4.69, 9.17) is 33.7 Å². The van der Waals surface area contributed by atoms with Crippen LogP contribution in [0.4, 0.5) is 5.69 Å². The average Bonchev–Trinajstić information content (AvgIpc) is 3.33. The quantitative estimate of drug-likeness (QED) is 0.314. The number of fused-ring (bicyclic) bond motifs is 2. The van der Waals surface area contributed by atoms with E-state index in [0.29, 0.717) is 27.5 Å². The van der Waals surface area contributed by atoms with Gasteiger partial charge < -0.3 is 20.0 Å². The van der Waals surface area contributed by atoms with Gasteiger partial charge >= 0.3 is 0 Å². The molecule has 0 saturated carbocycles. The van der Waals surface area contributed by atoms with Gasteiger partial charge in [-0.1, -0.05) is 23.2 Å². The fraction of sp³-hybridized carbons (Fsp3) is 0.0526. The molecule has 1 aromatic carbocycles. The molecule has 0 aliphatic heterocycles. The van der Waals surface area contributed by atoms with Gasteiger partial charge in [0.05, 0.1) is 15.8 Å². The molecular weight excluding hydrogens is 413 g/mol. The van der Waals surface area contributed by atoms with E-state index in [1.165, 1.54) is 12.7 Å². The van der Waals surface area contributed by atoms with Gasteiger partial charge in [-0.05, 0) is 30.3 Å². The molecule has 0 aliphatic carbocycles. The Kier molecular flexibility index (Phi) is 5.20. The topological polar surface area (TPSA) is 108 Å². The smallest absolute Gasteiger partial charge is 0.231 e. The molecular formula is C19H15Cl2N7O. The summed E-state index contributed by atoms with van der Waals surface area (Å²) in [6, 6.07) is 8.83. The molecule has 5 rings (SSSR count). The van der Waals surface area contributed by atoms with Crippen molar-refractivity contribution in [3.05, 3.63) is 65.6 Å². The van der Waals surface area contributed by atoms with Crippen molar-refractivity contribution in [2.75, 3.05) is 5.73 Å². The van der Waals surface area contributed by atoms with Gasteiger partial charge in [0.1, 0.15) is 34.9 Å². The average molecular weight is 428 g/mol. The summed E-state index contributed by atoms with van der Waals surface area (Å²) >= 11 is 11.8. The predicted molar refractivity (Wildman–Crippen MR) is 113 cm³/mol. The van der Waals surface area contributed by atoms with Gasteiger partial charge in [-0.25, -0.2) is 19.9 Å².